The lowest BCUT2D eigenvalue weighted by Gasteiger charge is -2.35. The Hall–Kier alpha value is -2.02. The van der Waals surface area contributed by atoms with Crippen LogP contribution in [-0.4, -0.2) is 56.3 Å². The maximum atomic E-state index is 11.6. The summed E-state index contributed by atoms with van der Waals surface area (Å²) in [4.78, 5) is 14.1. The number of amides is 1. The van der Waals surface area contributed by atoms with Crippen molar-refractivity contribution in [3.8, 4) is 0 Å². The highest BCUT2D eigenvalue weighted by Crippen LogP contribution is 2.28. The quantitative estimate of drug-likeness (QED) is 0.903. The molecule has 1 amide bonds. The molecule has 2 aromatic rings. The first kappa shape index (κ1) is 16.2. The van der Waals surface area contributed by atoms with Crippen LogP contribution in [0.3, 0.4) is 0 Å². The van der Waals surface area contributed by atoms with Gasteiger partial charge in [-0.05, 0) is 69.7 Å². The number of aryl methyl sites for hydroxylation is 2. The monoisotopic (exact) mass is 354 g/mol. The van der Waals surface area contributed by atoms with Crippen molar-refractivity contribution in [2.45, 2.75) is 63.3 Å². The highest BCUT2D eigenvalue weighted by Gasteiger charge is 2.28. The van der Waals surface area contributed by atoms with Crippen LogP contribution in [0, 0.1) is 0 Å². The lowest BCUT2D eigenvalue weighted by Crippen LogP contribution is -2.48. The van der Waals surface area contributed by atoms with E-state index in [1.54, 1.807) is 0 Å². The third-order valence-corrected chi connectivity index (χ3v) is 6.20. The van der Waals surface area contributed by atoms with Crippen LogP contribution in [-0.2, 0) is 17.6 Å². The van der Waals surface area contributed by atoms with E-state index in [0.717, 1.165) is 69.6 Å². The molecule has 2 aromatic heterocycles. The van der Waals surface area contributed by atoms with E-state index in [-0.39, 0.29) is 5.91 Å². The van der Waals surface area contributed by atoms with Gasteiger partial charge >= 0.3 is 0 Å². The van der Waals surface area contributed by atoms with Crippen molar-refractivity contribution in [2.75, 3.05) is 19.6 Å². The highest BCUT2D eigenvalue weighted by atomic mass is 16.1. The van der Waals surface area contributed by atoms with Gasteiger partial charge in [0.15, 0.2) is 11.5 Å². The van der Waals surface area contributed by atoms with Crippen LogP contribution in [0.25, 0.3) is 5.65 Å². The van der Waals surface area contributed by atoms with Crippen LogP contribution in [0.15, 0.2) is 6.07 Å². The molecule has 0 radical (unpaired) electrons. The Morgan fingerprint density at radius 2 is 1.96 bits per heavy atom. The van der Waals surface area contributed by atoms with E-state index in [2.05, 4.69) is 26.5 Å². The number of carbonyl (C=O) groups is 1. The second-order valence-electron chi connectivity index (χ2n) is 8.03. The normalized spacial score (nSPS) is 24.8. The Balaban J connectivity index is 1.25. The standard InChI is InChI=1S/C19H26N6O/c26-18-6-2-4-15(20-18)12-24-9-7-13(8-10-24)19-22-21-17-11-14-3-1-5-16(14)23-25(17)19/h11,13,15H,1-10,12H2,(H,20,26). The predicted molar refractivity (Wildman–Crippen MR) is 97.0 cm³/mol. The zero-order valence-corrected chi connectivity index (χ0v) is 15.2. The van der Waals surface area contributed by atoms with Crippen molar-refractivity contribution in [1.29, 1.82) is 0 Å². The molecule has 1 N–H and O–H groups in total. The average Bonchev–Trinajstić information content (AvgIpc) is 3.26. The van der Waals surface area contributed by atoms with Gasteiger partial charge < -0.3 is 10.2 Å². The number of aromatic nitrogens is 4. The van der Waals surface area contributed by atoms with E-state index >= 15 is 0 Å². The van der Waals surface area contributed by atoms with Gasteiger partial charge in [-0.25, -0.2) is 0 Å². The number of rotatable bonds is 3. The number of nitrogens with zero attached hydrogens (tertiary/aromatic N) is 5. The minimum atomic E-state index is 0.213. The predicted octanol–water partition coefficient (Wildman–Crippen LogP) is 1.46. The summed E-state index contributed by atoms with van der Waals surface area (Å²) >= 11 is 0. The molecule has 5 rings (SSSR count). The molecule has 0 bridgehead atoms. The van der Waals surface area contributed by atoms with Gasteiger partial charge in [0.2, 0.25) is 5.91 Å². The number of hydrogen-bond donors (Lipinski definition) is 1. The van der Waals surface area contributed by atoms with Gasteiger partial charge in [-0.15, -0.1) is 10.2 Å². The summed E-state index contributed by atoms with van der Waals surface area (Å²) in [5.41, 5.74) is 3.47. The summed E-state index contributed by atoms with van der Waals surface area (Å²) in [6.45, 7) is 3.08. The Kier molecular flexibility index (Phi) is 4.11. The maximum absolute atomic E-state index is 11.6. The fraction of sp³-hybridized carbons (Fsp3) is 0.684. The van der Waals surface area contributed by atoms with Crippen molar-refractivity contribution < 1.29 is 4.79 Å². The van der Waals surface area contributed by atoms with Gasteiger partial charge in [-0.1, -0.05) is 0 Å². The summed E-state index contributed by atoms with van der Waals surface area (Å²) in [5, 5.41) is 16.8. The van der Waals surface area contributed by atoms with Gasteiger partial charge in [-0.3, -0.25) is 4.79 Å². The van der Waals surface area contributed by atoms with Crippen molar-refractivity contribution in [3.63, 3.8) is 0 Å². The molecule has 0 saturated carbocycles. The minimum Gasteiger partial charge on any atom is -0.352 e. The summed E-state index contributed by atoms with van der Waals surface area (Å²) in [6, 6.07) is 2.50. The molecule has 1 atom stereocenters. The van der Waals surface area contributed by atoms with E-state index < -0.39 is 0 Å². The Morgan fingerprint density at radius 1 is 1.08 bits per heavy atom. The summed E-state index contributed by atoms with van der Waals surface area (Å²) in [6.07, 6.45) is 8.39. The zero-order chi connectivity index (χ0) is 17.5. The van der Waals surface area contributed by atoms with E-state index in [9.17, 15) is 4.79 Å². The first-order valence-electron chi connectivity index (χ1n) is 10.0. The second-order valence-corrected chi connectivity index (χ2v) is 8.03. The largest absolute Gasteiger partial charge is 0.352 e. The van der Waals surface area contributed by atoms with Gasteiger partial charge in [0, 0.05) is 24.9 Å². The van der Waals surface area contributed by atoms with Crippen LogP contribution < -0.4 is 5.32 Å². The number of hydrogen-bond acceptors (Lipinski definition) is 5. The van der Waals surface area contributed by atoms with Crippen LogP contribution in [0.5, 0.6) is 0 Å². The van der Waals surface area contributed by atoms with Gasteiger partial charge in [-0.2, -0.15) is 9.61 Å². The molecule has 26 heavy (non-hydrogen) atoms. The Morgan fingerprint density at radius 3 is 2.81 bits per heavy atom. The molecular weight excluding hydrogens is 328 g/mol. The molecule has 1 unspecified atom stereocenters. The molecule has 2 aliphatic heterocycles. The fourth-order valence-corrected chi connectivity index (χ4v) is 4.75. The molecule has 138 valence electrons. The smallest absolute Gasteiger partial charge is 0.220 e. The molecule has 1 aliphatic carbocycles. The van der Waals surface area contributed by atoms with Gasteiger partial charge in [0.25, 0.3) is 0 Å². The van der Waals surface area contributed by atoms with E-state index in [1.165, 1.54) is 17.7 Å². The average molecular weight is 354 g/mol. The third kappa shape index (κ3) is 2.98. The summed E-state index contributed by atoms with van der Waals surface area (Å²) < 4.78 is 1.99. The van der Waals surface area contributed by atoms with E-state index in [0.29, 0.717) is 18.4 Å². The molecule has 2 fully saturated rings. The van der Waals surface area contributed by atoms with Crippen molar-refractivity contribution in [3.05, 3.63) is 23.1 Å². The molecule has 0 aromatic carbocycles. The number of fused-ring (bicyclic) bond motifs is 2. The van der Waals surface area contributed by atoms with Crippen molar-refractivity contribution in [1.82, 2.24) is 30.0 Å². The number of piperidine rings is 2. The zero-order valence-electron chi connectivity index (χ0n) is 15.2. The number of likely N-dealkylation sites (tertiary alicyclic amines) is 1. The first-order chi connectivity index (χ1) is 12.8. The second kappa shape index (κ2) is 6.61. The van der Waals surface area contributed by atoms with Crippen molar-refractivity contribution >= 4 is 11.6 Å². The summed E-state index contributed by atoms with van der Waals surface area (Å²) in [5.74, 6) is 1.67. The Bertz CT molecular complexity index is 823. The lowest BCUT2D eigenvalue weighted by molar-refractivity contribution is -0.123. The molecule has 7 nitrogen and oxygen atoms in total. The van der Waals surface area contributed by atoms with Crippen LogP contribution in [0.1, 0.15) is 61.5 Å². The minimum absolute atomic E-state index is 0.213. The molecule has 2 saturated heterocycles. The van der Waals surface area contributed by atoms with Crippen LogP contribution in [0.2, 0.25) is 0 Å². The topological polar surface area (TPSA) is 75.4 Å². The molecular formula is C19H26N6O. The summed E-state index contributed by atoms with van der Waals surface area (Å²) in [7, 11) is 0. The molecule has 3 aliphatic rings. The number of carbonyl (C=O) groups excluding carboxylic acids is 1. The van der Waals surface area contributed by atoms with Gasteiger partial charge in [0.05, 0.1) is 5.69 Å². The maximum Gasteiger partial charge on any atom is 0.220 e. The first-order valence-corrected chi connectivity index (χ1v) is 10.0. The lowest BCUT2D eigenvalue weighted by atomic mass is 9.95. The number of nitrogens with one attached hydrogen (secondary N) is 1. The molecule has 0 spiro atoms. The van der Waals surface area contributed by atoms with Crippen LogP contribution >= 0.6 is 0 Å². The SMILES string of the molecule is O=C1CCCC(CN2CCC(c3nnc4cc5c(nn34)CCC5)CC2)N1. The van der Waals surface area contributed by atoms with E-state index in [1.807, 2.05) is 4.52 Å². The fourth-order valence-electron chi connectivity index (χ4n) is 4.75. The highest BCUT2D eigenvalue weighted by molar-refractivity contribution is 5.76. The van der Waals surface area contributed by atoms with Gasteiger partial charge in [0.1, 0.15) is 0 Å². The molecule has 7 heteroatoms. The van der Waals surface area contributed by atoms with E-state index in [4.69, 9.17) is 5.10 Å². The van der Waals surface area contributed by atoms with Crippen LogP contribution in [0.4, 0.5) is 0 Å². The van der Waals surface area contributed by atoms with Crippen molar-refractivity contribution in [2.24, 2.45) is 0 Å². The third-order valence-electron chi connectivity index (χ3n) is 6.20. The Labute approximate surface area is 153 Å². The molecule has 4 heterocycles.